The molecule has 4 heteroatoms. The van der Waals surface area contributed by atoms with E-state index in [2.05, 4.69) is 49.9 Å². The molecule has 0 spiro atoms. The van der Waals surface area contributed by atoms with Crippen LogP contribution >= 0.6 is 0 Å². The predicted octanol–water partition coefficient (Wildman–Crippen LogP) is 1.92. The maximum Gasteiger partial charge on any atom is 0.107 e. The fourth-order valence-electron chi connectivity index (χ4n) is 2.49. The van der Waals surface area contributed by atoms with E-state index < -0.39 is 17.9 Å². The van der Waals surface area contributed by atoms with Gasteiger partial charge < -0.3 is 9.13 Å². The van der Waals surface area contributed by atoms with E-state index in [1.165, 1.54) is 26.2 Å². The average Bonchev–Trinajstić information content (AvgIpc) is 2.21. The van der Waals surface area contributed by atoms with Gasteiger partial charge in [0.1, 0.15) is 17.9 Å². The van der Waals surface area contributed by atoms with Crippen LogP contribution < -0.4 is 0 Å². The SMILES string of the molecule is CCN(CC)[SiH](C)C[SiH](C)N(CC)CC. The Kier molecular flexibility index (Phi) is 8.70. The van der Waals surface area contributed by atoms with Gasteiger partial charge in [-0.1, -0.05) is 40.8 Å². The van der Waals surface area contributed by atoms with E-state index in [1.807, 2.05) is 0 Å². The van der Waals surface area contributed by atoms with Crippen LogP contribution in [0.25, 0.3) is 0 Å². The predicted molar refractivity (Wildman–Crippen MR) is 76.7 cm³/mol. The molecular formula is C11H30N2Si2. The normalized spacial score (nSPS) is 16.0. The minimum absolute atomic E-state index is 0.606. The van der Waals surface area contributed by atoms with Crippen LogP contribution in [0.1, 0.15) is 27.7 Å². The molecule has 0 heterocycles. The minimum atomic E-state index is -0.606. The molecule has 0 amide bonds. The molecule has 92 valence electrons. The highest BCUT2D eigenvalue weighted by atomic mass is 28.3. The van der Waals surface area contributed by atoms with Gasteiger partial charge in [-0.05, 0) is 31.8 Å². The Balaban J connectivity index is 4.08. The molecule has 0 rings (SSSR count). The zero-order valence-electron chi connectivity index (χ0n) is 11.6. The van der Waals surface area contributed by atoms with Gasteiger partial charge in [-0.25, -0.2) is 0 Å². The molecule has 0 aliphatic carbocycles. The third-order valence-corrected chi connectivity index (χ3v) is 13.0. The summed E-state index contributed by atoms with van der Waals surface area (Å²) in [5.74, 6) is 0. The van der Waals surface area contributed by atoms with E-state index in [-0.39, 0.29) is 0 Å². The fraction of sp³-hybridized carbons (Fsp3) is 1.00. The molecule has 0 saturated carbocycles. The zero-order valence-corrected chi connectivity index (χ0v) is 13.9. The van der Waals surface area contributed by atoms with Gasteiger partial charge in [-0.3, -0.25) is 0 Å². The van der Waals surface area contributed by atoms with E-state index in [1.54, 1.807) is 5.67 Å². The largest absolute Gasteiger partial charge is 0.327 e. The van der Waals surface area contributed by atoms with Gasteiger partial charge in [0.05, 0.1) is 0 Å². The topological polar surface area (TPSA) is 6.48 Å². The first-order valence-electron chi connectivity index (χ1n) is 6.58. The van der Waals surface area contributed by atoms with Crippen molar-refractivity contribution in [3.63, 3.8) is 0 Å². The van der Waals surface area contributed by atoms with Crippen LogP contribution in [0.5, 0.6) is 0 Å². The van der Waals surface area contributed by atoms with Crippen molar-refractivity contribution in [2.75, 3.05) is 26.2 Å². The van der Waals surface area contributed by atoms with Gasteiger partial charge in [0.2, 0.25) is 0 Å². The summed E-state index contributed by atoms with van der Waals surface area (Å²) in [5.41, 5.74) is 1.56. The molecule has 2 nitrogen and oxygen atoms in total. The lowest BCUT2D eigenvalue weighted by atomic mass is 10.7. The second-order valence-electron chi connectivity index (χ2n) is 4.38. The Labute approximate surface area is 100 Å². The Morgan fingerprint density at radius 1 is 0.667 bits per heavy atom. The van der Waals surface area contributed by atoms with E-state index in [0.29, 0.717) is 0 Å². The number of hydrogen-bond donors (Lipinski definition) is 0. The Morgan fingerprint density at radius 2 is 0.933 bits per heavy atom. The summed E-state index contributed by atoms with van der Waals surface area (Å²) in [7, 11) is -1.21. The van der Waals surface area contributed by atoms with E-state index in [4.69, 9.17) is 0 Å². The lowest BCUT2D eigenvalue weighted by Gasteiger charge is -2.31. The smallest absolute Gasteiger partial charge is 0.107 e. The minimum Gasteiger partial charge on any atom is -0.327 e. The molecule has 0 aromatic rings. The number of nitrogens with zero attached hydrogens (tertiary/aromatic N) is 2. The summed E-state index contributed by atoms with van der Waals surface area (Å²) in [6.45, 7) is 19.3. The highest BCUT2D eigenvalue weighted by Gasteiger charge is 2.19. The van der Waals surface area contributed by atoms with Crippen molar-refractivity contribution in [2.24, 2.45) is 0 Å². The maximum absolute atomic E-state index is 2.72. The van der Waals surface area contributed by atoms with Crippen molar-refractivity contribution >= 4 is 17.9 Å². The third kappa shape index (κ3) is 5.29. The van der Waals surface area contributed by atoms with Crippen LogP contribution in [0.2, 0.25) is 18.8 Å². The summed E-state index contributed by atoms with van der Waals surface area (Å²) in [4.78, 5) is 0. The molecule has 0 aromatic heterocycles. The Bertz CT molecular complexity index is 132. The standard InChI is InChI=1S/C11H30N2Si2/c1-7-12(8-2)14(5)11-15(6)13(9-3)10-4/h14-15H,7-11H2,1-6H3. The van der Waals surface area contributed by atoms with Gasteiger partial charge in [-0.15, -0.1) is 0 Å². The van der Waals surface area contributed by atoms with E-state index in [0.717, 1.165) is 0 Å². The highest BCUT2D eigenvalue weighted by Crippen LogP contribution is 2.07. The van der Waals surface area contributed by atoms with Crippen molar-refractivity contribution < 1.29 is 0 Å². The van der Waals surface area contributed by atoms with Crippen molar-refractivity contribution in [3.05, 3.63) is 0 Å². The molecular weight excluding hydrogens is 216 g/mol. The summed E-state index contributed by atoms with van der Waals surface area (Å²) >= 11 is 0. The van der Waals surface area contributed by atoms with Crippen molar-refractivity contribution in [3.8, 4) is 0 Å². The quantitative estimate of drug-likeness (QED) is 0.604. The fourth-order valence-corrected chi connectivity index (χ4v) is 11.3. The van der Waals surface area contributed by atoms with Crippen molar-refractivity contribution in [2.45, 2.75) is 46.5 Å². The van der Waals surface area contributed by atoms with Crippen LogP contribution in [0.4, 0.5) is 0 Å². The van der Waals surface area contributed by atoms with Crippen LogP contribution in [0.3, 0.4) is 0 Å². The highest BCUT2D eigenvalue weighted by molar-refractivity contribution is 6.73. The molecule has 0 aliphatic rings. The molecule has 0 aromatic carbocycles. The summed E-state index contributed by atoms with van der Waals surface area (Å²) in [6.07, 6.45) is 0. The molecule has 2 atom stereocenters. The van der Waals surface area contributed by atoms with Crippen LogP contribution in [-0.2, 0) is 0 Å². The Morgan fingerprint density at radius 3 is 1.13 bits per heavy atom. The van der Waals surface area contributed by atoms with Gasteiger partial charge in [0.25, 0.3) is 0 Å². The van der Waals surface area contributed by atoms with Gasteiger partial charge in [-0.2, -0.15) is 0 Å². The zero-order chi connectivity index (χ0) is 11.8. The third-order valence-electron chi connectivity index (χ3n) is 3.55. The van der Waals surface area contributed by atoms with Crippen LogP contribution in [0, 0.1) is 0 Å². The first-order chi connectivity index (χ1) is 7.10. The first-order valence-corrected chi connectivity index (χ1v) is 11.6. The molecule has 0 N–H and O–H groups in total. The van der Waals surface area contributed by atoms with Gasteiger partial charge in [0, 0.05) is 0 Å². The van der Waals surface area contributed by atoms with Crippen molar-refractivity contribution in [1.82, 2.24) is 9.13 Å². The molecule has 15 heavy (non-hydrogen) atoms. The number of hydrogen-bond acceptors (Lipinski definition) is 2. The van der Waals surface area contributed by atoms with E-state index >= 15 is 0 Å². The monoisotopic (exact) mass is 246 g/mol. The molecule has 0 radical (unpaired) electrons. The number of rotatable bonds is 8. The lowest BCUT2D eigenvalue weighted by Crippen LogP contribution is -2.45. The summed E-state index contributed by atoms with van der Waals surface area (Å²) in [6, 6.07) is 0. The lowest BCUT2D eigenvalue weighted by molar-refractivity contribution is 0.470. The first kappa shape index (κ1) is 15.4. The van der Waals surface area contributed by atoms with Crippen LogP contribution in [0.15, 0.2) is 0 Å². The average molecular weight is 247 g/mol. The molecule has 0 bridgehead atoms. The molecule has 0 fully saturated rings. The van der Waals surface area contributed by atoms with Crippen molar-refractivity contribution in [1.29, 1.82) is 0 Å². The second kappa shape index (κ2) is 8.50. The molecule has 2 unspecified atom stereocenters. The Hall–Kier alpha value is 0.354. The van der Waals surface area contributed by atoms with Gasteiger partial charge >= 0.3 is 0 Å². The second-order valence-corrected chi connectivity index (χ2v) is 11.1. The molecule has 0 aliphatic heterocycles. The van der Waals surface area contributed by atoms with Crippen LogP contribution in [-0.4, -0.2) is 53.2 Å². The maximum atomic E-state index is 2.72. The summed E-state index contributed by atoms with van der Waals surface area (Å²) in [5, 5.41) is 0. The van der Waals surface area contributed by atoms with E-state index in [9.17, 15) is 0 Å². The van der Waals surface area contributed by atoms with Gasteiger partial charge in [0.15, 0.2) is 0 Å². The summed E-state index contributed by atoms with van der Waals surface area (Å²) < 4.78 is 5.43. The molecule has 0 saturated heterocycles.